The van der Waals surface area contributed by atoms with Gasteiger partial charge in [0.25, 0.3) is 0 Å². The molecule has 0 fully saturated rings. The molecular formula is C12H10O3. The van der Waals surface area contributed by atoms with Gasteiger partial charge in [-0.15, -0.1) is 0 Å². The van der Waals surface area contributed by atoms with Gasteiger partial charge in [0.2, 0.25) is 0 Å². The monoisotopic (exact) mass is 202 g/mol. The molecule has 0 aromatic heterocycles. The van der Waals surface area contributed by atoms with Gasteiger partial charge in [0, 0.05) is 12.0 Å². The molecule has 0 atom stereocenters. The van der Waals surface area contributed by atoms with Crippen molar-refractivity contribution in [1.29, 1.82) is 0 Å². The number of hydrogen-bond acceptors (Lipinski definition) is 3. The molecule has 0 bridgehead atoms. The molecule has 1 aliphatic rings. The Kier molecular flexibility index (Phi) is 2.70. The number of ketones is 1. The average Bonchev–Trinajstić information content (AvgIpc) is 2.26. The summed E-state index contributed by atoms with van der Waals surface area (Å²) in [6.07, 6.45) is 0.439. The maximum atomic E-state index is 11.5. The lowest BCUT2D eigenvalue weighted by Gasteiger charge is -2.15. The zero-order valence-corrected chi connectivity index (χ0v) is 8.12. The summed E-state index contributed by atoms with van der Waals surface area (Å²) in [5, 5.41) is 8.55. The van der Waals surface area contributed by atoms with Crippen LogP contribution in [0.5, 0.6) is 5.75 Å². The smallest absolute Gasteiger partial charge is 0.169 e. The Hall–Kier alpha value is -1.79. The second kappa shape index (κ2) is 4.16. The molecule has 0 radical (unpaired) electrons. The lowest BCUT2D eigenvalue weighted by Crippen LogP contribution is -2.15. The Morgan fingerprint density at radius 1 is 1.47 bits per heavy atom. The van der Waals surface area contributed by atoms with Crippen molar-refractivity contribution in [1.82, 2.24) is 0 Å². The third-order valence-corrected chi connectivity index (χ3v) is 2.18. The third kappa shape index (κ3) is 2.00. The van der Waals surface area contributed by atoms with E-state index >= 15 is 0 Å². The summed E-state index contributed by atoms with van der Waals surface area (Å²) in [7, 11) is 0. The topological polar surface area (TPSA) is 46.5 Å². The Morgan fingerprint density at radius 2 is 2.33 bits per heavy atom. The minimum Gasteiger partial charge on any atom is -0.492 e. The zero-order chi connectivity index (χ0) is 10.7. The average molecular weight is 202 g/mol. The molecule has 0 aliphatic carbocycles. The van der Waals surface area contributed by atoms with Crippen LogP contribution in [0.1, 0.15) is 22.3 Å². The van der Waals surface area contributed by atoms with Crippen LogP contribution < -0.4 is 4.74 Å². The van der Waals surface area contributed by atoms with Crippen molar-refractivity contribution in [3.8, 4) is 17.6 Å². The highest BCUT2D eigenvalue weighted by Gasteiger charge is 2.17. The molecule has 3 heteroatoms. The first-order valence-electron chi connectivity index (χ1n) is 4.71. The van der Waals surface area contributed by atoms with Crippen LogP contribution in [0, 0.1) is 11.8 Å². The summed E-state index contributed by atoms with van der Waals surface area (Å²) in [4.78, 5) is 11.5. The highest BCUT2D eigenvalue weighted by atomic mass is 16.5. The first kappa shape index (κ1) is 9.75. The number of aliphatic hydroxyl groups is 1. The summed E-state index contributed by atoms with van der Waals surface area (Å²) < 4.78 is 5.36. The maximum absolute atomic E-state index is 11.5. The van der Waals surface area contributed by atoms with Gasteiger partial charge in [0.15, 0.2) is 5.78 Å². The normalized spacial score (nSPS) is 13.5. The highest BCUT2D eigenvalue weighted by Crippen LogP contribution is 2.25. The van der Waals surface area contributed by atoms with E-state index in [0.29, 0.717) is 24.3 Å². The summed E-state index contributed by atoms with van der Waals surface area (Å²) >= 11 is 0. The minimum absolute atomic E-state index is 0.109. The molecule has 1 N–H and O–H groups in total. The van der Waals surface area contributed by atoms with Crippen molar-refractivity contribution in [2.45, 2.75) is 6.42 Å². The van der Waals surface area contributed by atoms with E-state index in [1.165, 1.54) is 0 Å². The molecule has 1 aromatic carbocycles. The van der Waals surface area contributed by atoms with E-state index in [1.54, 1.807) is 18.2 Å². The lowest BCUT2D eigenvalue weighted by molar-refractivity contribution is 0.0933. The third-order valence-electron chi connectivity index (χ3n) is 2.18. The molecule has 3 nitrogen and oxygen atoms in total. The Morgan fingerprint density at radius 3 is 3.13 bits per heavy atom. The van der Waals surface area contributed by atoms with Gasteiger partial charge < -0.3 is 9.84 Å². The van der Waals surface area contributed by atoms with Crippen LogP contribution in [-0.4, -0.2) is 24.1 Å². The molecule has 0 unspecified atom stereocenters. The van der Waals surface area contributed by atoms with Crippen LogP contribution in [-0.2, 0) is 0 Å². The van der Waals surface area contributed by atoms with Gasteiger partial charge in [-0.05, 0) is 18.2 Å². The van der Waals surface area contributed by atoms with Crippen LogP contribution in [0.25, 0.3) is 0 Å². The number of hydrogen-bond donors (Lipinski definition) is 1. The first-order chi connectivity index (χ1) is 7.31. The van der Waals surface area contributed by atoms with Crippen molar-refractivity contribution in [3.05, 3.63) is 29.3 Å². The Bertz CT molecular complexity index is 452. The largest absolute Gasteiger partial charge is 0.492 e. The Labute approximate surface area is 87.7 Å². The highest BCUT2D eigenvalue weighted by molar-refractivity contribution is 5.99. The Balaban J connectivity index is 2.37. The molecule has 0 saturated heterocycles. The first-order valence-corrected chi connectivity index (χ1v) is 4.71. The molecule has 2 rings (SSSR count). The van der Waals surface area contributed by atoms with Gasteiger partial charge in [0.1, 0.15) is 12.4 Å². The number of ether oxygens (including phenoxy) is 1. The molecule has 15 heavy (non-hydrogen) atoms. The number of carbonyl (C=O) groups is 1. The maximum Gasteiger partial charge on any atom is 0.169 e. The van der Waals surface area contributed by atoms with Crippen molar-refractivity contribution < 1.29 is 14.6 Å². The zero-order valence-electron chi connectivity index (χ0n) is 8.12. The van der Waals surface area contributed by atoms with Crippen LogP contribution >= 0.6 is 0 Å². The van der Waals surface area contributed by atoms with E-state index in [-0.39, 0.29) is 12.4 Å². The van der Waals surface area contributed by atoms with Gasteiger partial charge in [-0.3, -0.25) is 4.79 Å². The number of benzene rings is 1. The van der Waals surface area contributed by atoms with Crippen molar-refractivity contribution in [3.63, 3.8) is 0 Å². The molecule has 1 aliphatic heterocycles. The number of fused-ring (bicyclic) bond motifs is 1. The van der Waals surface area contributed by atoms with Gasteiger partial charge in [-0.2, -0.15) is 0 Å². The number of aliphatic hydroxyl groups excluding tert-OH is 1. The van der Waals surface area contributed by atoms with Crippen LogP contribution in [0.15, 0.2) is 18.2 Å². The van der Waals surface area contributed by atoms with Crippen molar-refractivity contribution >= 4 is 5.78 Å². The molecule has 0 amide bonds. The number of rotatable bonds is 0. The minimum atomic E-state index is -0.170. The molecule has 1 heterocycles. The van der Waals surface area contributed by atoms with E-state index < -0.39 is 0 Å². The van der Waals surface area contributed by atoms with Crippen LogP contribution in [0.3, 0.4) is 0 Å². The fourth-order valence-corrected chi connectivity index (χ4v) is 1.48. The summed E-state index contributed by atoms with van der Waals surface area (Å²) in [5.41, 5.74) is 1.37. The number of Topliss-reactive ketones (excluding diaryl/α,β-unsaturated/α-hetero) is 1. The van der Waals surface area contributed by atoms with Gasteiger partial charge >= 0.3 is 0 Å². The lowest BCUT2D eigenvalue weighted by atomic mass is 10.0. The van der Waals surface area contributed by atoms with E-state index in [2.05, 4.69) is 11.8 Å². The van der Waals surface area contributed by atoms with Crippen LogP contribution in [0.2, 0.25) is 0 Å². The summed E-state index contributed by atoms with van der Waals surface area (Å²) in [5.74, 6) is 6.02. The van der Waals surface area contributed by atoms with Gasteiger partial charge in [0.05, 0.1) is 12.2 Å². The second-order valence-electron chi connectivity index (χ2n) is 3.19. The predicted molar refractivity (Wildman–Crippen MR) is 54.8 cm³/mol. The van der Waals surface area contributed by atoms with E-state index in [4.69, 9.17) is 9.84 Å². The van der Waals surface area contributed by atoms with E-state index in [1.807, 2.05) is 0 Å². The van der Waals surface area contributed by atoms with Crippen molar-refractivity contribution in [2.75, 3.05) is 13.2 Å². The van der Waals surface area contributed by atoms with Gasteiger partial charge in [-0.1, -0.05) is 11.8 Å². The van der Waals surface area contributed by atoms with Gasteiger partial charge in [-0.25, -0.2) is 0 Å². The predicted octanol–water partition coefficient (Wildman–Crippen LogP) is 0.996. The standard InChI is InChI=1S/C12H10O3/c13-6-1-2-9-3-4-10-11(14)5-7-15-12(10)8-9/h3-4,8,13H,5-7H2. The molecule has 0 saturated carbocycles. The van der Waals surface area contributed by atoms with Crippen LogP contribution in [0.4, 0.5) is 0 Å². The molecule has 0 spiro atoms. The second-order valence-corrected chi connectivity index (χ2v) is 3.19. The van der Waals surface area contributed by atoms with E-state index in [0.717, 1.165) is 5.56 Å². The molecule has 76 valence electrons. The quantitative estimate of drug-likeness (QED) is 0.638. The summed E-state index contributed by atoms with van der Waals surface area (Å²) in [6.45, 7) is 0.263. The van der Waals surface area contributed by atoms with E-state index in [9.17, 15) is 4.79 Å². The SMILES string of the molecule is O=C1CCOc2cc(C#CCO)ccc21. The fraction of sp³-hybridized carbons (Fsp3) is 0.250. The molecular weight excluding hydrogens is 192 g/mol. The summed E-state index contributed by atoms with van der Waals surface area (Å²) in [6, 6.07) is 5.21. The number of carbonyl (C=O) groups excluding carboxylic acids is 1. The molecule has 1 aromatic rings. The fourth-order valence-electron chi connectivity index (χ4n) is 1.48. The van der Waals surface area contributed by atoms with Crippen molar-refractivity contribution in [2.24, 2.45) is 0 Å².